The summed E-state index contributed by atoms with van der Waals surface area (Å²) in [4.78, 5) is 22.2. The molecule has 0 amide bonds. The molecule has 0 bridgehead atoms. The van der Waals surface area contributed by atoms with Crippen LogP contribution in [0.3, 0.4) is 0 Å². The minimum atomic E-state index is -0.348. The van der Waals surface area contributed by atoms with Crippen LogP contribution in [-0.2, 0) is 0 Å². The van der Waals surface area contributed by atoms with Gasteiger partial charge in [-0.1, -0.05) is 6.92 Å². The minimum Gasteiger partial charge on any atom is -0.395 e. The monoisotopic (exact) mass is 261 g/mol. The zero-order valence-electron chi connectivity index (χ0n) is 10.6. The summed E-state index contributed by atoms with van der Waals surface area (Å²) in [6.07, 6.45) is 5.16. The molecule has 3 rings (SSSR count). The van der Waals surface area contributed by atoms with Gasteiger partial charge in [-0.05, 0) is 18.4 Å². The van der Waals surface area contributed by atoms with E-state index >= 15 is 0 Å². The zero-order valence-corrected chi connectivity index (χ0v) is 10.6. The SMILES string of the molecule is CCC1(CO)C/C1=C/n1cnc2c(=O)[nH]c(N)nc21. The van der Waals surface area contributed by atoms with Crippen molar-refractivity contribution in [1.29, 1.82) is 0 Å². The summed E-state index contributed by atoms with van der Waals surface area (Å²) in [6, 6.07) is 0. The number of nitrogen functional groups attached to an aromatic ring is 1. The molecule has 1 saturated carbocycles. The molecule has 2 aromatic heterocycles. The lowest BCUT2D eigenvalue weighted by Crippen LogP contribution is -2.11. The largest absolute Gasteiger partial charge is 0.395 e. The van der Waals surface area contributed by atoms with E-state index in [4.69, 9.17) is 5.73 Å². The molecule has 2 aromatic rings. The van der Waals surface area contributed by atoms with Gasteiger partial charge in [-0.25, -0.2) is 4.98 Å². The molecule has 1 fully saturated rings. The lowest BCUT2D eigenvalue weighted by atomic mass is 10.0. The molecule has 1 aliphatic carbocycles. The van der Waals surface area contributed by atoms with Gasteiger partial charge in [-0.3, -0.25) is 14.3 Å². The third-order valence-electron chi connectivity index (χ3n) is 3.81. The van der Waals surface area contributed by atoms with Crippen LogP contribution in [-0.4, -0.2) is 31.2 Å². The number of hydrogen-bond donors (Lipinski definition) is 3. The molecule has 0 spiro atoms. The maximum Gasteiger partial charge on any atom is 0.280 e. The fourth-order valence-corrected chi connectivity index (χ4v) is 2.33. The number of aliphatic hydroxyl groups is 1. The number of rotatable bonds is 3. The molecule has 19 heavy (non-hydrogen) atoms. The molecular formula is C12H15N5O2. The van der Waals surface area contributed by atoms with Crippen molar-refractivity contribution in [2.24, 2.45) is 5.41 Å². The summed E-state index contributed by atoms with van der Waals surface area (Å²) in [5, 5.41) is 9.40. The lowest BCUT2D eigenvalue weighted by molar-refractivity contribution is 0.217. The Kier molecular flexibility index (Phi) is 2.46. The summed E-state index contributed by atoms with van der Waals surface area (Å²) < 4.78 is 1.68. The Labute approximate surface area is 108 Å². The molecule has 0 aromatic carbocycles. The zero-order chi connectivity index (χ0) is 13.6. The van der Waals surface area contributed by atoms with Gasteiger partial charge in [0, 0.05) is 11.6 Å². The van der Waals surface area contributed by atoms with Gasteiger partial charge >= 0.3 is 0 Å². The summed E-state index contributed by atoms with van der Waals surface area (Å²) in [6.45, 7) is 2.18. The van der Waals surface area contributed by atoms with E-state index in [2.05, 4.69) is 15.0 Å². The maximum atomic E-state index is 11.6. The first-order valence-corrected chi connectivity index (χ1v) is 6.14. The van der Waals surface area contributed by atoms with Crippen molar-refractivity contribution in [3.63, 3.8) is 0 Å². The van der Waals surface area contributed by atoms with Crippen LogP contribution in [0.15, 0.2) is 16.7 Å². The molecule has 7 heteroatoms. The van der Waals surface area contributed by atoms with Gasteiger partial charge < -0.3 is 10.8 Å². The number of aromatic amines is 1. The van der Waals surface area contributed by atoms with Crippen LogP contribution in [0.1, 0.15) is 19.8 Å². The highest BCUT2D eigenvalue weighted by molar-refractivity contribution is 5.73. The van der Waals surface area contributed by atoms with Crippen LogP contribution < -0.4 is 11.3 Å². The second kappa shape index (κ2) is 3.92. The Morgan fingerprint density at radius 1 is 1.68 bits per heavy atom. The van der Waals surface area contributed by atoms with Crippen molar-refractivity contribution in [1.82, 2.24) is 19.5 Å². The third-order valence-corrected chi connectivity index (χ3v) is 3.81. The molecule has 0 aliphatic heterocycles. The minimum absolute atomic E-state index is 0.0670. The van der Waals surface area contributed by atoms with Gasteiger partial charge in [0.25, 0.3) is 5.56 Å². The van der Waals surface area contributed by atoms with Crippen LogP contribution >= 0.6 is 0 Å². The molecule has 2 heterocycles. The number of H-pyrrole nitrogens is 1. The highest BCUT2D eigenvalue weighted by Crippen LogP contribution is 2.54. The smallest absolute Gasteiger partial charge is 0.280 e. The summed E-state index contributed by atoms with van der Waals surface area (Å²) in [7, 11) is 0. The standard InChI is InChI=1S/C12H15N5O2/c1-2-12(5-18)3-7(12)4-17-6-14-8-9(17)15-11(13)16-10(8)19/h4,6,18H,2-3,5H2,1H3,(H3,13,15,16,19)/b7-4-. The predicted octanol–water partition coefficient (Wildman–Crippen LogP) is 0.335. The van der Waals surface area contributed by atoms with Crippen LogP contribution in [0.2, 0.25) is 0 Å². The number of nitrogens with zero attached hydrogens (tertiary/aromatic N) is 3. The molecule has 1 atom stereocenters. The fourth-order valence-electron chi connectivity index (χ4n) is 2.33. The van der Waals surface area contributed by atoms with Crippen LogP contribution in [0.4, 0.5) is 5.95 Å². The van der Waals surface area contributed by atoms with Crippen molar-refractivity contribution >= 4 is 23.3 Å². The van der Waals surface area contributed by atoms with Gasteiger partial charge in [0.1, 0.15) is 6.33 Å². The van der Waals surface area contributed by atoms with Crippen LogP contribution in [0.5, 0.6) is 0 Å². The van der Waals surface area contributed by atoms with Crippen LogP contribution in [0, 0.1) is 5.41 Å². The summed E-state index contributed by atoms with van der Waals surface area (Å²) >= 11 is 0. The number of nitrogens with one attached hydrogen (secondary N) is 1. The Hall–Kier alpha value is -2.15. The number of aliphatic hydroxyl groups excluding tert-OH is 1. The van der Waals surface area contributed by atoms with E-state index in [9.17, 15) is 9.90 Å². The molecule has 100 valence electrons. The van der Waals surface area contributed by atoms with E-state index in [1.165, 1.54) is 6.33 Å². The number of imidazole rings is 1. The molecule has 0 saturated heterocycles. The molecule has 1 aliphatic rings. The Morgan fingerprint density at radius 2 is 2.47 bits per heavy atom. The number of anilines is 1. The van der Waals surface area contributed by atoms with Gasteiger partial charge in [0.05, 0.1) is 6.61 Å². The second-order valence-corrected chi connectivity index (χ2v) is 4.90. The second-order valence-electron chi connectivity index (χ2n) is 4.90. The predicted molar refractivity (Wildman–Crippen MR) is 71.3 cm³/mol. The third kappa shape index (κ3) is 1.74. The van der Waals surface area contributed by atoms with E-state index in [0.29, 0.717) is 5.65 Å². The number of aromatic nitrogens is 4. The van der Waals surface area contributed by atoms with Crippen molar-refractivity contribution in [3.8, 4) is 0 Å². The molecule has 7 nitrogen and oxygen atoms in total. The van der Waals surface area contributed by atoms with Crippen molar-refractivity contribution in [2.75, 3.05) is 12.3 Å². The summed E-state index contributed by atoms with van der Waals surface area (Å²) in [5.41, 5.74) is 6.91. The van der Waals surface area contributed by atoms with Gasteiger partial charge in [-0.2, -0.15) is 4.98 Å². The van der Waals surface area contributed by atoms with E-state index in [0.717, 1.165) is 18.4 Å². The molecule has 4 N–H and O–H groups in total. The fraction of sp³-hybridized carbons (Fsp3) is 0.417. The number of fused-ring (bicyclic) bond motifs is 1. The first-order valence-electron chi connectivity index (χ1n) is 6.14. The van der Waals surface area contributed by atoms with Gasteiger partial charge in [-0.15, -0.1) is 0 Å². The highest BCUT2D eigenvalue weighted by atomic mass is 16.3. The van der Waals surface area contributed by atoms with Crippen molar-refractivity contribution in [3.05, 3.63) is 22.3 Å². The lowest BCUT2D eigenvalue weighted by Gasteiger charge is -2.05. The van der Waals surface area contributed by atoms with E-state index in [1.807, 2.05) is 13.1 Å². The van der Waals surface area contributed by atoms with E-state index in [1.54, 1.807) is 4.57 Å². The molecule has 1 unspecified atom stereocenters. The van der Waals surface area contributed by atoms with Gasteiger partial charge in [0.15, 0.2) is 11.2 Å². The van der Waals surface area contributed by atoms with Gasteiger partial charge in [0.2, 0.25) is 5.95 Å². The van der Waals surface area contributed by atoms with Crippen LogP contribution in [0.25, 0.3) is 17.4 Å². The Bertz CT molecular complexity index is 723. The first-order chi connectivity index (χ1) is 9.09. The molecular weight excluding hydrogens is 246 g/mol. The van der Waals surface area contributed by atoms with Crippen molar-refractivity contribution in [2.45, 2.75) is 19.8 Å². The van der Waals surface area contributed by atoms with E-state index < -0.39 is 0 Å². The van der Waals surface area contributed by atoms with Crippen molar-refractivity contribution < 1.29 is 5.11 Å². The number of hydrogen-bond acceptors (Lipinski definition) is 5. The average molecular weight is 261 g/mol. The average Bonchev–Trinajstić information content (AvgIpc) is 2.94. The quantitative estimate of drug-likeness (QED) is 0.737. The van der Waals surface area contributed by atoms with E-state index in [-0.39, 0.29) is 29.0 Å². The normalized spacial score (nSPS) is 24.2. The maximum absolute atomic E-state index is 11.6. The topological polar surface area (TPSA) is 110 Å². The summed E-state index contributed by atoms with van der Waals surface area (Å²) in [5.74, 6) is 0.0670. The first kappa shape index (κ1) is 11.9. The Morgan fingerprint density at radius 3 is 3.11 bits per heavy atom. The molecule has 0 radical (unpaired) electrons. The highest BCUT2D eigenvalue weighted by Gasteiger charge is 2.46. The Balaban J connectivity index is 2.09. The number of nitrogens with two attached hydrogens (primary N) is 1.